The number of carbonyl (C=O) groups excluding carboxylic acids is 2. The minimum absolute atomic E-state index is 0.118. The SMILES string of the molecule is C[C@H](NC(=O)c1ccc2c(c1)NC(=O)C2C=Nc1ccc(CN2CCCCC2)cc1)c1ccccc1. The molecule has 0 aromatic heterocycles. The van der Waals surface area contributed by atoms with Crippen molar-refractivity contribution in [3.63, 3.8) is 0 Å². The van der Waals surface area contributed by atoms with Crippen molar-refractivity contribution in [2.24, 2.45) is 4.99 Å². The summed E-state index contributed by atoms with van der Waals surface area (Å²) in [6.45, 7) is 5.27. The van der Waals surface area contributed by atoms with E-state index in [2.05, 4.69) is 32.7 Å². The maximum absolute atomic E-state index is 12.8. The number of nitrogens with zero attached hydrogens (tertiary/aromatic N) is 2. The molecule has 3 aromatic carbocycles. The summed E-state index contributed by atoms with van der Waals surface area (Å²) in [5.41, 5.74) is 5.15. The van der Waals surface area contributed by atoms with Crippen molar-refractivity contribution in [1.82, 2.24) is 10.2 Å². The van der Waals surface area contributed by atoms with Crippen LogP contribution in [-0.4, -0.2) is 36.0 Å². The largest absolute Gasteiger partial charge is 0.346 e. The number of aliphatic imine (C=N–C) groups is 1. The highest BCUT2D eigenvalue weighted by molar-refractivity contribution is 6.13. The van der Waals surface area contributed by atoms with Crippen molar-refractivity contribution in [1.29, 1.82) is 0 Å². The quantitative estimate of drug-likeness (QED) is 0.432. The lowest BCUT2D eigenvalue weighted by Gasteiger charge is -2.26. The lowest BCUT2D eigenvalue weighted by atomic mass is 10.00. The summed E-state index contributed by atoms with van der Waals surface area (Å²) in [5, 5.41) is 5.92. The van der Waals surface area contributed by atoms with Gasteiger partial charge in [0.05, 0.1) is 11.7 Å². The third-order valence-corrected chi connectivity index (χ3v) is 7.00. The van der Waals surface area contributed by atoms with Crippen LogP contribution in [-0.2, 0) is 11.3 Å². The first kappa shape index (κ1) is 23.9. The Labute approximate surface area is 212 Å². The summed E-state index contributed by atoms with van der Waals surface area (Å²) >= 11 is 0. The summed E-state index contributed by atoms with van der Waals surface area (Å²) in [5.74, 6) is -0.788. The number of nitrogens with one attached hydrogen (secondary N) is 2. The third kappa shape index (κ3) is 5.55. The van der Waals surface area contributed by atoms with E-state index in [0.29, 0.717) is 11.3 Å². The van der Waals surface area contributed by atoms with E-state index in [1.165, 1.54) is 37.9 Å². The van der Waals surface area contributed by atoms with Gasteiger partial charge in [-0.1, -0.05) is 55.0 Å². The van der Waals surface area contributed by atoms with Gasteiger partial charge in [0.15, 0.2) is 0 Å². The summed E-state index contributed by atoms with van der Waals surface area (Å²) in [7, 11) is 0. The van der Waals surface area contributed by atoms with Crippen molar-refractivity contribution < 1.29 is 9.59 Å². The molecule has 6 nitrogen and oxygen atoms in total. The number of anilines is 1. The second-order valence-corrected chi connectivity index (χ2v) is 9.66. The van der Waals surface area contributed by atoms with Gasteiger partial charge in [0.25, 0.3) is 5.91 Å². The molecule has 6 heteroatoms. The Bertz CT molecular complexity index is 1250. The Kier molecular flexibility index (Phi) is 7.23. The van der Waals surface area contributed by atoms with Crippen molar-refractivity contribution in [2.75, 3.05) is 18.4 Å². The standard InChI is InChI=1S/C30H32N4O2/c1-21(23-8-4-2-5-9-23)32-29(35)24-12-15-26-27(30(36)33-28(26)18-24)19-31-25-13-10-22(11-14-25)20-34-16-6-3-7-17-34/h2,4-5,8-15,18-19,21,27H,3,6-7,16-17,20H2,1H3,(H,32,35)(H,33,36)/t21-,27?/m0/s1. The molecule has 1 unspecified atom stereocenters. The van der Waals surface area contributed by atoms with Gasteiger partial charge in [0.1, 0.15) is 5.92 Å². The van der Waals surface area contributed by atoms with E-state index >= 15 is 0 Å². The number of fused-ring (bicyclic) bond motifs is 1. The van der Waals surface area contributed by atoms with Gasteiger partial charge in [0.2, 0.25) is 5.91 Å². The molecule has 1 fully saturated rings. The molecule has 3 aromatic rings. The molecule has 1 saturated heterocycles. The van der Waals surface area contributed by atoms with Crippen LogP contribution in [0.25, 0.3) is 0 Å². The molecular weight excluding hydrogens is 448 g/mol. The molecule has 2 atom stereocenters. The highest BCUT2D eigenvalue weighted by Crippen LogP contribution is 2.33. The number of benzene rings is 3. The van der Waals surface area contributed by atoms with Gasteiger partial charge >= 0.3 is 0 Å². The van der Waals surface area contributed by atoms with Gasteiger partial charge in [-0.15, -0.1) is 0 Å². The van der Waals surface area contributed by atoms with Gasteiger partial charge in [-0.3, -0.25) is 19.5 Å². The van der Waals surface area contributed by atoms with Crippen LogP contribution < -0.4 is 10.6 Å². The van der Waals surface area contributed by atoms with Crippen LogP contribution in [0.3, 0.4) is 0 Å². The number of rotatable bonds is 7. The molecule has 5 rings (SSSR count). The summed E-state index contributed by atoms with van der Waals surface area (Å²) < 4.78 is 0. The Hall–Kier alpha value is -3.77. The van der Waals surface area contributed by atoms with E-state index in [-0.39, 0.29) is 17.9 Å². The van der Waals surface area contributed by atoms with Crippen molar-refractivity contribution in [3.05, 3.63) is 95.1 Å². The Morgan fingerprint density at radius 2 is 1.81 bits per heavy atom. The number of hydrogen-bond acceptors (Lipinski definition) is 4. The number of hydrogen-bond donors (Lipinski definition) is 2. The predicted octanol–water partition coefficient (Wildman–Crippen LogP) is 5.60. The molecule has 0 saturated carbocycles. The smallest absolute Gasteiger partial charge is 0.251 e. The van der Waals surface area contributed by atoms with Crippen LogP contribution in [0.4, 0.5) is 11.4 Å². The van der Waals surface area contributed by atoms with Gasteiger partial charge in [-0.2, -0.15) is 0 Å². The Balaban J connectivity index is 1.23. The molecule has 0 spiro atoms. The number of carbonyl (C=O) groups is 2. The molecule has 36 heavy (non-hydrogen) atoms. The van der Waals surface area contributed by atoms with Crippen LogP contribution in [0.1, 0.15) is 65.2 Å². The third-order valence-electron chi connectivity index (χ3n) is 7.00. The van der Waals surface area contributed by atoms with Crippen LogP contribution in [0.5, 0.6) is 0 Å². The summed E-state index contributed by atoms with van der Waals surface area (Å²) in [6.07, 6.45) is 5.60. The van der Waals surface area contributed by atoms with E-state index in [0.717, 1.165) is 23.4 Å². The average Bonchev–Trinajstić information content (AvgIpc) is 3.23. The molecule has 184 valence electrons. The highest BCUT2D eigenvalue weighted by atomic mass is 16.2. The number of likely N-dealkylation sites (tertiary alicyclic amines) is 1. The summed E-state index contributed by atoms with van der Waals surface area (Å²) in [6, 6.07) is 23.3. The molecule has 2 amide bonds. The fraction of sp³-hybridized carbons (Fsp3) is 0.300. The molecule has 0 radical (unpaired) electrons. The maximum atomic E-state index is 12.8. The minimum Gasteiger partial charge on any atom is -0.346 e. The molecule has 2 aliphatic rings. The number of amides is 2. The first-order chi connectivity index (χ1) is 17.6. The Morgan fingerprint density at radius 3 is 2.56 bits per heavy atom. The van der Waals surface area contributed by atoms with Crippen LogP contribution >= 0.6 is 0 Å². The van der Waals surface area contributed by atoms with Crippen molar-refractivity contribution >= 4 is 29.4 Å². The lowest BCUT2D eigenvalue weighted by Crippen LogP contribution is -2.28. The zero-order valence-electron chi connectivity index (χ0n) is 20.6. The number of piperidine rings is 1. The van der Waals surface area contributed by atoms with Crippen molar-refractivity contribution in [3.8, 4) is 0 Å². The van der Waals surface area contributed by atoms with Crippen LogP contribution in [0.2, 0.25) is 0 Å². The van der Waals surface area contributed by atoms with E-state index in [4.69, 9.17) is 0 Å². The van der Waals surface area contributed by atoms with Crippen molar-refractivity contribution in [2.45, 2.75) is 44.7 Å². The van der Waals surface area contributed by atoms with Gasteiger partial charge in [-0.05, 0) is 73.8 Å². The first-order valence-electron chi connectivity index (χ1n) is 12.7. The minimum atomic E-state index is -0.478. The molecule has 2 aliphatic heterocycles. The molecule has 0 bridgehead atoms. The van der Waals surface area contributed by atoms with Crippen LogP contribution in [0.15, 0.2) is 77.8 Å². The maximum Gasteiger partial charge on any atom is 0.251 e. The van der Waals surface area contributed by atoms with E-state index in [1.807, 2.05) is 55.5 Å². The average molecular weight is 481 g/mol. The van der Waals surface area contributed by atoms with Gasteiger partial charge in [0, 0.05) is 24.0 Å². The highest BCUT2D eigenvalue weighted by Gasteiger charge is 2.30. The first-order valence-corrected chi connectivity index (χ1v) is 12.7. The second kappa shape index (κ2) is 10.9. The second-order valence-electron chi connectivity index (χ2n) is 9.66. The van der Waals surface area contributed by atoms with E-state index in [1.54, 1.807) is 18.3 Å². The monoisotopic (exact) mass is 480 g/mol. The van der Waals surface area contributed by atoms with Gasteiger partial charge < -0.3 is 10.6 Å². The van der Waals surface area contributed by atoms with Gasteiger partial charge in [-0.25, -0.2) is 0 Å². The van der Waals surface area contributed by atoms with E-state index in [9.17, 15) is 9.59 Å². The zero-order valence-corrected chi connectivity index (χ0v) is 20.6. The summed E-state index contributed by atoms with van der Waals surface area (Å²) in [4.78, 5) is 32.5. The molecule has 2 heterocycles. The topological polar surface area (TPSA) is 73.8 Å². The lowest BCUT2D eigenvalue weighted by molar-refractivity contribution is -0.115. The normalized spacial score (nSPS) is 18.6. The fourth-order valence-electron chi connectivity index (χ4n) is 4.91. The van der Waals surface area contributed by atoms with E-state index < -0.39 is 5.92 Å². The molecule has 2 N–H and O–H groups in total. The molecular formula is C30H32N4O2. The fourth-order valence-corrected chi connectivity index (χ4v) is 4.91. The van der Waals surface area contributed by atoms with Crippen LogP contribution in [0, 0.1) is 0 Å². The molecule has 0 aliphatic carbocycles. The zero-order chi connectivity index (χ0) is 24.9. The predicted molar refractivity (Wildman–Crippen MR) is 144 cm³/mol. The Morgan fingerprint density at radius 1 is 1.06 bits per heavy atom.